The highest BCUT2D eigenvalue weighted by molar-refractivity contribution is 9.10. The monoisotopic (exact) mass is 394 g/mol. The van der Waals surface area contributed by atoms with Gasteiger partial charge in [-0.2, -0.15) is 0 Å². The molecule has 2 aromatic heterocycles. The number of amides is 1. The van der Waals surface area contributed by atoms with Gasteiger partial charge in [-0.3, -0.25) is 9.69 Å². The number of carbonyl (C=O) groups is 1. The van der Waals surface area contributed by atoms with E-state index in [9.17, 15) is 4.79 Å². The predicted molar refractivity (Wildman–Crippen MR) is 93.8 cm³/mol. The van der Waals surface area contributed by atoms with E-state index in [-0.39, 0.29) is 5.91 Å². The van der Waals surface area contributed by atoms with E-state index in [1.807, 2.05) is 16.2 Å². The molecule has 23 heavy (non-hydrogen) atoms. The number of hydrogen-bond acceptors (Lipinski definition) is 4. The first-order chi connectivity index (χ1) is 11.2. The van der Waals surface area contributed by atoms with E-state index in [0.29, 0.717) is 16.5 Å². The van der Waals surface area contributed by atoms with Gasteiger partial charge in [0.2, 0.25) is 0 Å². The molecule has 2 aliphatic heterocycles. The Hall–Kier alpha value is -1.11. The van der Waals surface area contributed by atoms with Crippen molar-refractivity contribution in [2.24, 2.45) is 0 Å². The zero-order valence-electron chi connectivity index (χ0n) is 12.8. The molecule has 2 aromatic rings. The number of piperidine rings is 1. The van der Waals surface area contributed by atoms with Crippen molar-refractivity contribution in [3.8, 4) is 0 Å². The van der Waals surface area contributed by atoms with E-state index in [1.165, 1.54) is 12.0 Å². The highest BCUT2D eigenvalue weighted by Crippen LogP contribution is 2.28. The lowest BCUT2D eigenvalue weighted by molar-refractivity contribution is 0.0571. The van der Waals surface area contributed by atoms with Crippen LogP contribution in [-0.4, -0.2) is 41.4 Å². The summed E-state index contributed by atoms with van der Waals surface area (Å²) < 4.78 is 6.00. The lowest BCUT2D eigenvalue weighted by Gasteiger charge is -2.40. The maximum atomic E-state index is 12.4. The largest absolute Gasteiger partial charge is 0.444 e. The minimum absolute atomic E-state index is 0.00733. The highest BCUT2D eigenvalue weighted by Gasteiger charge is 2.30. The number of rotatable bonds is 2. The van der Waals surface area contributed by atoms with Crippen molar-refractivity contribution in [1.29, 1.82) is 0 Å². The van der Waals surface area contributed by atoms with Crippen LogP contribution in [-0.2, 0) is 13.0 Å². The maximum absolute atomic E-state index is 12.4. The number of furan rings is 1. The van der Waals surface area contributed by atoms with Crippen LogP contribution in [0.25, 0.3) is 0 Å². The van der Waals surface area contributed by atoms with E-state index >= 15 is 0 Å². The molecule has 6 heteroatoms. The molecule has 0 radical (unpaired) electrons. The Balaban J connectivity index is 1.35. The van der Waals surface area contributed by atoms with Crippen molar-refractivity contribution in [1.82, 2.24) is 9.80 Å². The average molecular weight is 395 g/mol. The SMILES string of the molecule is O=C(c1ccc(Br)o1)N1CCC(N2CCc3sccc3C2)CC1. The van der Waals surface area contributed by atoms with Crippen molar-refractivity contribution < 1.29 is 9.21 Å². The van der Waals surface area contributed by atoms with Crippen LogP contribution in [0.4, 0.5) is 0 Å². The molecule has 0 unspecified atom stereocenters. The van der Waals surface area contributed by atoms with Gasteiger partial charge in [0.1, 0.15) is 0 Å². The van der Waals surface area contributed by atoms with Crippen LogP contribution < -0.4 is 0 Å². The molecule has 1 fully saturated rings. The molecule has 0 N–H and O–H groups in total. The third kappa shape index (κ3) is 3.12. The molecule has 1 amide bonds. The fraction of sp³-hybridized carbons (Fsp3) is 0.471. The molecule has 122 valence electrons. The minimum atomic E-state index is 0.00733. The Morgan fingerprint density at radius 2 is 2.04 bits per heavy atom. The summed E-state index contributed by atoms with van der Waals surface area (Å²) in [6.45, 7) is 3.85. The Bertz CT molecular complexity index is 703. The molecule has 4 nitrogen and oxygen atoms in total. The average Bonchev–Trinajstić information content (AvgIpc) is 3.22. The summed E-state index contributed by atoms with van der Waals surface area (Å²) in [6.07, 6.45) is 3.27. The molecule has 2 aliphatic rings. The topological polar surface area (TPSA) is 36.7 Å². The van der Waals surface area contributed by atoms with Crippen molar-refractivity contribution >= 4 is 33.2 Å². The molecule has 0 spiro atoms. The lowest BCUT2D eigenvalue weighted by Crippen LogP contribution is -2.47. The van der Waals surface area contributed by atoms with Crippen LogP contribution in [0.15, 0.2) is 32.7 Å². The van der Waals surface area contributed by atoms with Crippen molar-refractivity contribution in [2.75, 3.05) is 19.6 Å². The lowest BCUT2D eigenvalue weighted by atomic mass is 9.99. The van der Waals surface area contributed by atoms with E-state index in [2.05, 4.69) is 32.3 Å². The van der Waals surface area contributed by atoms with Gasteiger partial charge in [0.15, 0.2) is 10.4 Å². The van der Waals surface area contributed by atoms with Crippen LogP contribution in [0, 0.1) is 0 Å². The van der Waals surface area contributed by atoms with E-state index < -0.39 is 0 Å². The third-order valence-corrected chi connectivity index (χ3v) is 6.34. The van der Waals surface area contributed by atoms with Gasteiger partial charge in [-0.15, -0.1) is 11.3 Å². The van der Waals surface area contributed by atoms with Crippen molar-refractivity contribution in [2.45, 2.75) is 31.8 Å². The van der Waals surface area contributed by atoms with Gasteiger partial charge in [0.25, 0.3) is 5.91 Å². The second-order valence-electron chi connectivity index (χ2n) is 6.22. The maximum Gasteiger partial charge on any atom is 0.289 e. The number of likely N-dealkylation sites (tertiary alicyclic amines) is 1. The van der Waals surface area contributed by atoms with Crippen molar-refractivity contribution in [3.05, 3.63) is 44.4 Å². The molecular weight excluding hydrogens is 376 g/mol. The molecule has 0 aromatic carbocycles. The molecule has 1 saturated heterocycles. The number of halogens is 1. The second kappa shape index (κ2) is 6.42. The predicted octanol–water partition coefficient (Wildman–Crippen LogP) is 3.77. The summed E-state index contributed by atoms with van der Waals surface area (Å²) in [4.78, 5) is 18.5. The fourth-order valence-electron chi connectivity index (χ4n) is 3.60. The third-order valence-electron chi connectivity index (χ3n) is 4.89. The van der Waals surface area contributed by atoms with Gasteiger partial charge in [-0.05, 0) is 64.3 Å². The Kier molecular flexibility index (Phi) is 4.30. The van der Waals surface area contributed by atoms with E-state index in [0.717, 1.165) is 39.0 Å². The number of fused-ring (bicyclic) bond motifs is 1. The summed E-state index contributed by atoms with van der Waals surface area (Å²) in [5.74, 6) is 0.434. The number of thiophene rings is 1. The smallest absolute Gasteiger partial charge is 0.289 e. The summed E-state index contributed by atoms with van der Waals surface area (Å²) in [5.41, 5.74) is 1.50. The second-order valence-corrected chi connectivity index (χ2v) is 8.00. The first kappa shape index (κ1) is 15.4. The zero-order chi connectivity index (χ0) is 15.8. The highest BCUT2D eigenvalue weighted by atomic mass is 79.9. The molecule has 0 saturated carbocycles. The summed E-state index contributed by atoms with van der Waals surface area (Å²) in [5, 5.41) is 2.21. The number of nitrogens with zero attached hydrogens (tertiary/aromatic N) is 2. The minimum Gasteiger partial charge on any atom is -0.444 e. The normalized spacial score (nSPS) is 19.8. The molecule has 0 aliphatic carbocycles. The van der Waals surface area contributed by atoms with Gasteiger partial charge in [0.05, 0.1) is 0 Å². The van der Waals surface area contributed by atoms with Crippen LogP contribution >= 0.6 is 27.3 Å². The van der Waals surface area contributed by atoms with E-state index in [4.69, 9.17) is 4.42 Å². The van der Waals surface area contributed by atoms with E-state index in [1.54, 1.807) is 17.0 Å². The summed E-state index contributed by atoms with van der Waals surface area (Å²) in [7, 11) is 0. The van der Waals surface area contributed by atoms with Gasteiger partial charge in [-0.25, -0.2) is 0 Å². The molecule has 4 heterocycles. The van der Waals surface area contributed by atoms with Crippen LogP contribution in [0.2, 0.25) is 0 Å². The Morgan fingerprint density at radius 3 is 2.78 bits per heavy atom. The standard InChI is InChI=1S/C17H19BrN2O2S/c18-16-2-1-14(22-16)17(21)19-7-3-13(4-8-19)20-9-5-15-12(11-20)6-10-23-15/h1-2,6,10,13H,3-5,7-9,11H2. The Morgan fingerprint density at radius 1 is 1.22 bits per heavy atom. The number of hydrogen-bond donors (Lipinski definition) is 0. The van der Waals surface area contributed by atoms with Crippen LogP contribution in [0.1, 0.15) is 33.8 Å². The molecule has 4 rings (SSSR count). The summed E-state index contributed by atoms with van der Waals surface area (Å²) in [6, 6.07) is 6.36. The van der Waals surface area contributed by atoms with Gasteiger partial charge in [-0.1, -0.05) is 0 Å². The molecule has 0 bridgehead atoms. The van der Waals surface area contributed by atoms with Gasteiger partial charge in [0, 0.05) is 37.1 Å². The fourth-order valence-corrected chi connectivity index (χ4v) is 4.80. The Labute approximate surface area is 148 Å². The molecular formula is C17H19BrN2O2S. The van der Waals surface area contributed by atoms with Crippen LogP contribution in [0.3, 0.4) is 0 Å². The van der Waals surface area contributed by atoms with Gasteiger partial charge >= 0.3 is 0 Å². The quantitative estimate of drug-likeness (QED) is 0.777. The van der Waals surface area contributed by atoms with Crippen LogP contribution in [0.5, 0.6) is 0 Å². The zero-order valence-corrected chi connectivity index (χ0v) is 15.2. The first-order valence-corrected chi connectivity index (χ1v) is 9.72. The first-order valence-electron chi connectivity index (χ1n) is 8.04. The van der Waals surface area contributed by atoms with Gasteiger partial charge < -0.3 is 9.32 Å². The number of carbonyl (C=O) groups excluding carboxylic acids is 1. The van der Waals surface area contributed by atoms with Crippen molar-refractivity contribution in [3.63, 3.8) is 0 Å². The molecule has 0 atom stereocenters. The summed E-state index contributed by atoms with van der Waals surface area (Å²) >= 11 is 5.14.